The number of hydrogen-bond donors (Lipinski definition) is 2. The Hall–Kier alpha value is -3.59. The van der Waals surface area contributed by atoms with Crippen molar-refractivity contribution >= 4 is 11.9 Å². The third kappa shape index (κ3) is 6.45. The van der Waals surface area contributed by atoms with Crippen molar-refractivity contribution in [3.63, 3.8) is 0 Å². The van der Waals surface area contributed by atoms with Crippen molar-refractivity contribution in [2.45, 2.75) is 58.5 Å². The highest BCUT2D eigenvalue weighted by molar-refractivity contribution is 5.97. The Morgan fingerprint density at radius 1 is 1.09 bits per heavy atom. The van der Waals surface area contributed by atoms with Crippen molar-refractivity contribution in [1.82, 2.24) is 10.6 Å². The van der Waals surface area contributed by atoms with Crippen molar-refractivity contribution in [2.24, 2.45) is 0 Å². The fourth-order valence-electron chi connectivity index (χ4n) is 4.02. The van der Waals surface area contributed by atoms with Crippen LogP contribution in [0.4, 0.5) is 0 Å². The van der Waals surface area contributed by atoms with Gasteiger partial charge >= 0.3 is 5.97 Å². The molecule has 0 heterocycles. The monoisotopic (exact) mass is 445 g/mol. The lowest BCUT2D eigenvalue weighted by molar-refractivity contribution is -0.117. The normalized spacial score (nSPS) is 13.9. The number of nitrogens with one attached hydrogen (secondary N) is 2. The fourth-order valence-corrected chi connectivity index (χ4v) is 4.02. The largest absolute Gasteiger partial charge is 0.462 e. The molecule has 0 aliphatic heterocycles. The van der Waals surface area contributed by atoms with Gasteiger partial charge in [-0.05, 0) is 73.4 Å². The highest BCUT2D eigenvalue weighted by Crippen LogP contribution is 2.26. The minimum atomic E-state index is -0.396. The Bertz CT molecular complexity index is 1050. The molecule has 33 heavy (non-hydrogen) atoms. The van der Waals surface area contributed by atoms with E-state index in [1.807, 2.05) is 25.1 Å². The second-order valence-corrected chi connectivity index (χ2v) is 8.14. The Kier molecular flexibility index (Phi) is 8.65. The molecule has 1 atom stereocenters. The molecule has 1 amide bonds. The number of rotatable bonds is 9. The number of fused-ring (bicyclic) bond motifs is 1. The van der Waals surface area contributed by atoms with Crippen LogP contribution in [-0.4, -0.2) is 18.5 Å². The molecule has 0 saturated heterocycles. The molecule has 0 spiro atoms. The molecule has 172 valence electrons. The van der Waals surface area contributed by atoms with E-state index in [1.54, 1.807) is 19.1 Å². The topological polar surface area (TPSA) is 91.2 Å². The summed E-state index contributed by atoms with van der Waals surface area (Å²) in [7, 11) is 0. The maximum absolute atomic E-state index is 12.7. The van der Waals surface area contributed by atoms with Crippen molar-refractivity contribution in [3.05, 3.63) is 82.1 Å². The van der Waals surface area contributed by atoms with Gasteiger partial charge in [0.15, 0.2) is 0 Å². The Morgan fingerprint density at radius 2 is 1.82 bits per heavy atom. The minimum absolute atomic E-state index is 0.0227. The summed E-state index contributed by atoms with van der Waals surface area (Å²) in [4.78, 5) is 24.5. The summed E-state index contributed by atoms with van der Waals surface area (Å²) in [6.07, 6.45) is 6.83. The fraction of sp³-hybridized carbons (Fsp3) is 0.370. The summed E-state index contributed by atoms with van der Waals surface area (Å²) in [5.74, 6) is -0.753. The van der Waals surface area contributed by atoms with E-state index in [2.05, 4.69) is 28.8 Å². The number of nitrogens with zero attached hydrogens (tertiary/aromatic N) is 1. The van der Waals surface area contributed by atoms with Gasteiger partial charge in [-0.2, -0.15) is 5.26 Å². The third-order valence-corrected chi connectivity index (χ3v) is 5.87. The van der Waals surface area contributed by atoms with Crippen LogP contribution >= 0.6 is 0 Å². The van der Waals surface area contributed by atoms with Gasteiger partial charge in [0.25, 0.3) is 5.91 Å². The van der Waals surface area contributed by atoms with Crippen LogP contribution < -0.4 is 10.6 Å². The molecule has 0 aromatic heterocycles. The summed E-state index contributed by atoms with van der Waals surface area (Å²) in [5.41, 5.74) is 5.29. The Morgan fingerprint density at radius 3 is 2.48 bits per heavy atom. The number of aryl methyl sites for hydroxylation is 2. The average Bonchev–Trinajstić information content (AvgIpc) is 2.85. The standard InChI is InChI=1S/C27H31N3O3/c1-3-25(23-14-13-20-7-5-6-8-22(20)15-23)30-26(31)24(16-28)18-29-17-19-9-11-21(12-10-19)27(32)33-4-2/h9-15,18,25,29H,3-8,17H2,1-2H3,(H,30,31)/b24-18-. The van der Waals surface area contributed by atoms with Crippen LogP contribution in [0.5, 0.6) is 0 Å². The predicted molar refractivity (Wildman–Crippen MR) is 127 cm³/mol. The molecule has 0 saturated carbocycles. The van der Waals surface area contributed by atoms with Gasteiger partial charge in [0.1, 0.15) is 11.6 Å². The third-order valence-electron chi connectivity index (χ3n) is 5.87. The first-order chi connectivity index (χ1) is 16.0. The van der Waals surface area contributed by atoms with E-state index in [0.717, 1.165) is 30.4 Å². The number of benzene rings is 2. The van der Waals surface area contributed by atoms with Crippen LogP contribution in [0, 0.1) is 11.3 Å². The molecule has 2 aromatic carbocycles. The molecular formula is C27H31N3O3. The van der Waals surface area contributed by atoms with Crippen LogP contribution in [0.2, 0.25) is 0 Å². The van der Waals surface area contributed by atoms with Crippen molar-refractivity contribution in [2.75, 3.05) is 6.61 Å². The number of carbonyl (C=O) groups is 2. The quantitative estimate of drug-likeness (QED) is 0.337. The molecule has 1 unspecified atom stereocenters. The zero-order valence-electron chi connectivity index (χ0n) is 19.3. The second-order valence-electron chi connectivity index (χ2n) is 8.14. The van der Waals surface area contributed by atoms with E-state index in [-0.39, 0.29) is 17.6 Å². The molecule has 6 heteroatoms. The number of carbonyl (C=O) groups excluding carboxylic acids is 2. The van der Waals surface area contributed by atoms with Gasteiger partial charge in [0.2, 0.25) is 0 Å². The lowest BCUT2D eigenvalue weighted by Gasteiger charge is -2.21. The highest BCUT2D eigenvalue weighted by Gasteiger charge is 2.18. The maximum atomic E-state index is 12.7. The van der Waals surface area contributed by atoms with Crippen LogP contribution in [0.1, 0.15) is 71.8 Å². The zero-order chi connectivity index (χ0) is 23.6. The smallest absolute Gasteiger partial charge is 0.338 e. The molecule has 6 nitrogen and oxygen atoms in total. The van der Waals surface area contributed by atoms with Gasteiger partial charge in [-0.3, -0.25) is 4.79 Å². The SMILES string of the molecule is CCOC(=O)c1ccc(CN/C=C(/C#N)C(=O)NC(CC)c2ccc3c(c2)CCCC3)cc1. The molecule has 1 aliphatic rings. The van der Waals surface area contributed by atoms with E-state index in [0.29, 0.717) is 18.7 Å². The first-order valence-corrected chi connectivity index (χ1v) is 11.6. The predicted octanol–water partition coefficient (Wildman–Crippen LogP) is 4.51. The molecular weight excluding hydrogens is 414 g/mol. The summed E-state index contributed by atoms with van der Waals surface area (Å²) >= 11 is 0. The number of amides is 1. The summed E-state index contributed by atoms with van der Waals surface area (Å²) in [6, 6.07) is 15.3. The van der Waals surface area contributed by atoms with E-state index in [4.69, 9.17) is 4.74 Å². The lowest BCUT2D eigenvalue weighted by atomic mass is 9.88. The zero-order valence-corrected chi connectivity index (χ0v) is 19.3. The van der Waals surface area contributed by atoms with Crippen molar-refractivity contribution in [3.8, 4) is 6.07 Å². The Balaban J connectivity index is 1.59. The first kappa shape index (κ1) is 24.1. The van der Waals surface area contributed by atoms with E-state index in [1.165, 1.54) is 30.2 Å². The second kappa shape index (κ2) is 11.9. The molecule has 2 aromatic rings. The van der Waals surface area contributed by atoms with E-state index in [9.17, 15) is 14.9 Å². The number of nitriles is 1. The van der Waals surface area contributed by atoms with Crippen LogP contribution in [0.25, 0.3) is 0 Å². The molecule has 1 aliphatic carbocycles. The molecule has 3 rings (SSSR count). The summed E-state index contributed by atoms with van der Waals surface area (Å²) in [6.45, 7) is 4.54. The van der Waals surface area contributed by atoms with Crippen LogP contribution in [0.15, 0.2) is 54.2 Å². The van der Waals surface area contributed by atoms with Gasteiger partial charge in [0, 0.05) is 12.7 Å². The lowest BCUT2D eigenvalue weighted by Crippen LogP contribution is -2.30. The van der Waals surface area contributed by atoms with E-state index >= 15 is 0 Å². The van der Waals surface area contributed by atoms with Gasteiger partial charge < -0.3 is 15.4 Å². The summed E-state index contributed by atoms with van der Waals surface area (Å²) in [5, 5.41) is 15.5. The molecule has 0 bridgehead atoms. The van der Waals surface area contributed by atoms with Gasteiger partial charge in [-0.1, -0.05) is 37.3 Å². The van der Waals surface area contributed by atoms with Gasteiger partial charge in [-0.15, -0.1) is 0 Å². The average molecular weight is 446 g/mol. The Labute approximate surface area is 195 Å². The van der Waals surface area contributed by atoms with Gasteiger partial charge in [-0.25, -0.2) is 4.79 Å². The minimum Gasteiger partial charge on any atom is -0.462 e. The summed E-state index contributed by atoms with van der Waals surface area (Å²) < 4.78 is 4.98. The first-order valence-electron chi connectivity index (χ1n) is 11.6. The number of hydrogen-bond acceptors (Lipinski definition) is 5. The molecule has 0 fully saturated rings. The number of esters is 1. The maximum Gasteiger partial charge on any atom is 0.338 e. The molecule has 0 radical (unpaired) electrons. The van der Waals surface area contributed by atoms with Crippen molar-refractivity contribution < 1.29 is 14.3 Å². The molecule has 2 N–H and O–H groups in total. The number of ether oxygens (including phenoxy) is 1. The van der Waals surface area contributed by atoms with E-state index < -0.39 is 5.91 Å². The van der Waals surface area contributed by atoms with Crippen LogP contribution in [0.3, 0.4) is 0 Å². The van der Waals surface area contributed by atoms with Crippen molar-refractivity contribution in [1.29, 1.82) is 5.26 Å². The van der Waals surface area contributed by atoms with Gasteiger partial charge in [0.05, 0.1) is 18.2 Å². The highest BCUT2D eigenvalue weighted by atomic mass is 16.5. The van der Waals surface area contributed by atoms with Crippen LogP contribution in [-0.2, 0) is 28.9 Å².